The molecule has 17 heavy (non-hydrogen) atoms. The molecular formula is C14H14ClNO. The first-order valence-corrected chi connectivity index (χ1v) is 5.83. The zero-order valence-electron chi connectivity index (χ0n) is 9.61. The van der Waals surface area contributed by atoms with Gasteiger partial charge in [0.15, 0.2) is 0 Å². The maximum atomic E-state index is 5.92. The van der Waals surface area contributed by atoms with Gasteiger partial charge in [-0.2, -0.15) is 0 Å². The van der Waals surface area contributed by atoms with E-state index in [1.165, 1.54) is 0 Å². The van der Waals surface area contributed by atoms with Crippen LogP contribution in [0.1, 0.15) is 5.56 Å². The lowest BCUT2D eigenvalue weighted by Crippen LogP contribution is -2.06. The number of nitrogens with one attached hydrogen (secondary N) is 1. The predicted molar refractivity (Wildman–Crippen MR) is 70.7 cm³/mol. The van der Waals surface area contributed by atoms with Gasteiger partial charge in [-0.05, 0) is 31.3 Å². The Morgan fingerprint density at radius 3 is 2.71 bits per heavy atom. The molecule has 0 aliphatic carbocycles. The van der Waals surface area contributed by atoms with Crippen LogP contribution < -0.4 is 10.1 Å². The van der Waals surface area contributed by atoms with Crippen LogP contribution in [0.25, 0.3) is 0 Å². The molecule has 0 fully saturated rings. The summed E-state index contributed by atoms with van der Waals surface area (Å²) in [4.78, 5) is 0. The molecule has 0 atom stereocenters. The minimum atomic E-state index is 0.675. The molecule has 0 saturated heterocycles. The Kier molecular flexibility index (Phi) is 4.02. The molecule has 0 heterocycles. The lowest BCUT2D eigenvalue weighted by molar-refractivity contribution is 0.474. The second-order valence-electron chi connectivity index (χ2n) is 3.70. The molecule has 2 rings (SSSR count). The van der Waals surface area contributed by atoms with Gasteiger partial charge in [-0.25, -0.2) is 0 Å². The van der Waals surface area contributed by atoms with Crippen LogP contribution in [0, 0.1) is 0 Å². The Morgan fingerprint density at radius 2 is 1.94 bits per heavy atom. The second kappa shape index (κ2) is 5.71. The van der Waals surface area contributed by atoms with Crippen molar-refractivity contribution in [3.8, 4) is 11.5 Å². The summed E-state index contributed by atoms with van der Waals surface area (Å²) in [6.07, 6.45) is 0. The lowest BCUT2D eigenvalue weighted by atomic mass is 10.2. The van der Waals surface area contributed by atoms with Crippen LogP contribution >= 0.6 is 11.6 Å². The summed E-state index contributed by atoms with van der Waals surface area (Å²) in [5.41, 5.74) is 1.12. The average molecular weight is 248 g/mol. The van der Waals surface area contributed by atoms with Crippen LogP contribution in [0.15, 0.2) is 48.5 Å². The number of hydrogen-bond donors (Lipinski definition) is 1. The Labute approximate surface area is 106 Å². The van der Waals surface area contributed by atoms with E-state index in [9.17, 15) is 0 Å². The lowest BCUT2D eigenvalue weighted by Gasteiger charge is -2.10. The molecule has 0 spiro atoms. The molecule has 88 valence electrons. The van der Waals surface area contributed by atoms with Crippen LogP contribution in [0.4, 0.5) is 0 Å². The van der Waals surface area contributed by atoms with Crippen LogP contribution in [-0.4, -0.2) is 7.05 Å². The summed E-state index contributed by atoms with van der Waals surface area (Å²) in [6, 6.07) is 15.3. The predicted octanol–water partition coefficient (Wildman–Crippen LogP) is 3.85. The van der Waals surface area contributed by atoms with Gasteiger partial charge in [0.05, 0.1) is 0 Å². The Bertz CT molecular complexity index is 499. The normalized spacial score (nSPS) is 10.2. The van der Waals surface area contributed by atoms with Crippen molar-refractivity contribution in [2.75, 3.05) is 7.05 Å². The Hall–Kier alpha value is -1.51. The van der Waals surface area contributed by atoms with Gasteiger partial charge >= 0.3 is 0 Å². The highest BCUT2D eigenvalue weighted by Crippen LogP contribution is 2.26. The Morgan fingerprint density at radius 1 is 1.12 bits per heavy atom. The van der Waals surface area contributed by atoms with Crippen LogP contribution in [0.3, 0.4) is 0 Å². The molecule has 3 heteroatoms. The van der Waals surface area contributed by atoms with Crippen LogP contribution in [-0.2, 0) is 6.54 Å². The number of benzene rings is 2. The molecule has 2 aromatic carbocycles. The van der Waals surface area contributed by atoms with Gasteiger partial charge in [-0.1, -0.05) is 35.9 Å². The van der Waals surface area contributed by atoms with Gasteiger partial charge < -0.3 is 10.1 Å². The van der Waals surface area contributed by atoms with E-state index in [0.29, 0.717) is 5.02 Å². The number of hydrogen-bond acceptors (Lipinski definition) is 2. The third-order valence-electron chi connectivity index (χ3n) is 2.36. The first-order valence-electron chi connectivity index (χ1n) is 5.45. The second-order valence-corrected chi connectivity index (χ2v) is 4.13. The number of halogens is 1. The fourth-order valence-corrected chi connectivity index (χ4v) is 1.78. The van der Waals surface area contributed by atoms with Gasteiger partial charge in [0, 0.05) is 17.1 Å². The number of ether oxygens (including phenoxy) is 1. The van der Waals surface area contributed by atoms with E-state index in [4.69, 9.17) is 16.3 Å². The zero-order valence-corrected chi connectivity index (χ0v) is 10.4. The molecule has 2 aromatic rings. The van der Waals surface area contributed by atoms with Crippen LogP contribution in [0.5, 0.6) is 11.5 Å². The van der Waals surface area contributed by atoms with Gasteiger partial charge in [0.25, 0.3) is 0 Å². The molecule has 1 N–H and O–H groups in total. The molecule has 0 amide bonds. The number of rotatable bonds is 4. The SMILES string of the molecule is CNCc1ccccc1Oc1cccc(Cl)c1. The first kappa shape index (κ1) is 12.0. The van der Waals surface area contributed by atoms with Gasteiger partial charge in [-0.3, -0.25) is 0 Å². The zero-order chi connectivity index (χ0) is 12.1. The fraction of sp³-hybridized carbons (Fsp3) is 0.143. The molecule has 0 unspecified atom stereocenters. The number of para-hydroxylation sites is 1. The molecule has 0 aliphatic rings. The monoisotopic (exact) mass is 247 g/mol. The van der Waals surface area contributed by atoms with E-state index >= 15 is 0 Å². The van der Waals surface area contributed by atoms with Crippen LogP contribution in [0.2, 0.25) is 5.02 Å². The molecule has 0 saturated carbocycles. The summed E-state index contributed by atoms with van der Waals surface area (Å²) in [7, 11) is 1.91. The van der Waals surface area contributed by atoms with E-state index in [-0.39, 0.29) is 0 Å². The minimum Gasteiger partial charge on any atom is -0.457 e. The van der Waals surface area contributed by atoms with E-state index in [0.717, 1.165) is 23.6 Å². The third kappa shape index (κ3) is 3.22. The molecule has 0 bridgehead atoms. The quantitative estimate of drug-likeness (QED) is 0.886. The molecule has 0 aromatic heterocycles. The highest BCUT2D eigenvalue weighted by atomic mass is 35.5. The summed E-state index contributed by atoms with van der Waals surface area (Å²) in [5.74, 6) is 1.60. The fourth-order valence-electron chi connectivity index (χ4n) is 1.60. The maximum Gasteiger partial charge on any atom is 0.131 e. The van der Waals surface area contributed by atoms with Crippen molar-refractivity contribution in [2.24, 2.45) is 0 Å². The summed E-state index contributed by atoms with van der Waals surface area (Å²) in [5, 5.41) is 3.79. The minimum absolute atomic E-state index is 0.675. The van der Waals surface area contributed by atoms with Crippen molar-refractivity contribution in [1.82, 2.24) is 5.32 Å². The van der Waals surface area contributed by atoms with Crippen molar-refractivity contribution in [3.63, 3.8) is 0 Å². The van der Waals surface area contributed by atoms with Crippen molar-refractivity contribution in [1.29, 1.82) is 0 Å². The van der Waals surface area contributed by atoms with Crippen molar-refractivity contribution < 1.29 is 4.74 Å². The third-order valence-corrected chi connectivity index (χ3v) is 2.60. The topological polar surface area (TPSA) is 21.3 Å². The molecule has 2 nitrogen and oxygen atoms in total. The highest BCUT2D eigenvalue weighted by molar-refractivity contribution is 6.30. The van der Waals surface area contributed by atoms with E-state index in [2.05, 4.69) is 5.32 Å². The van der Waals surface area contributed by atoms with Crippen molar-refractivity contribution in [2.45, 2.75) is 6.54 Å². The smallest absolute Gasteiger partial charge is 0.131 e. The summed E-state index contributed by atoms with van der Waals surface area (Å²) in [6.45, 7) is 0.775. The van der Waals surface area contributed by atoms with E-state index in [1.54, 1.807) is 6.07 Å². The summed E-state index contributed by atoms with van der Waals surface area (Å²) >= 11 is 5.92. The van der Waals surface area contributed by atoms with E-state index in [1.807, 2.05) is 49.5 Å². The van der Waals surface area contributed by atoms with Gasteiger partial charge in [0.1, 0.15) is 11.5 Å². The Balaban J connectivity index is 2.23. The molecular weight excluding hydrogens is 234 g/mol. The van der Waals surface area contributed by atoms with Gasteiger partial charge in [-0.15, -0.1) is 0 Å². The standard InChI is InChI=1S/C14H14ClNO/c1-16-10-11-5-2-3-8-14(11)17-13-7-4-6-12(15)9-13/h2-9,16H,10H2,1H3. The van der Waals surface area contributed by atoms with Gasteiger partial charge in [0.2, 0.25) is 0 Å². The van der Waals surface area contributed by atoms with E-state index < -0.39 is 0 Å². The average Bonchev–Trinajstić information content (AvgIpc) is 2.32. The molecule has 0 radical (unpaired) electrons. The molecule has 0 aliphatic heterocycles. The highest BCUT2D eigenvalue weighted by Gasteiger charge is 2.03. The van der Waals surface area contributed by atoms with Crippen molar-refractivity contribution in [3.05, 3.63) is 59.1 Å². The maximum absolute atomic E-state index is 5.92. The van der Waals surface area contributed by atoms with Crippen molar-refractivity contribution >= 4 is 11.6 Å². The summed E-state index contributed by atoms with van der Waals surface area (Å²) < 4.78 is 5.82. The first-order chi connectivity index (χ1) is 8.29. The largest absolute Gasteiger partial charge is 0.457 e.